The number of nitrogens with one attached hydrogen (secondary N) is 1. The molecule has 0 aliphatic rings. The van der Waals surface area contributed by atoms with Gasteiger partial charge in [-0.3, -0.25) is 9.10 Å². The third-order valence-corrected chi connectivity index (χ3v) is 8.05. The molecule has 11 heteroatoms. The molecule has 1 N–H and O–H groups in total. The number of ether oxygens (including phenoxy) is 3. The van der Waals surface area contributed by atoms with Crippen molar-refractivity contribution >= 4 is 39.4 Å². The molecular formula is C30H28ClN3O6S. The molecule has 0 bridgehead atoms. The summed E-state index contributed by atoms with van der Waals surface area (Å²) < 4.78 is 44.6. The van der Waals surface area contributed by atoms with Gasteiger partial charge < -0.3 is 14.2 Å². The highest BCUT2D eigenvalue weighted by molar-refractivity contribution is 7.92. The monoisotopic (exact) mass is 593 g/mol. The van der Waals surface area contributed by atoms with Gasteiger partial charge in [0.25, 0.3) is 15.9 Å². The fourth-order valence-corrected chi connectivity index (χ4v) is 5.42. The van der Waals surface area contributed by atoms with Crippen LogP contribution in [0.4, 0.5) is 5.69 Å². The number of methoxy groups -OCH3 is 2. The van der Waals surface area contributed by atoms with Crippen LogP contribution in [-0.2, 0) is 21.4 Å². The zero-order chi connectivity index (χ0) is 29.2. The van der Waals surface area contributed by atoms with E-state index < -0.39 is 22.5 Å². The van der Waals surface area contributed by atoms with E-state index in [1.54, 1.807) is 60.7 Å². The highest BCUT2D eigenvalue weighted by Gasteiger charge is 2.29. The standard InChI is InChI=1S/C30H28ClN3O6S/c1-38-25-16-17-28(29(18-25)39-2)34(41(36,37)26-9-4-3-5-10-26)20-30(35)33-32-19-22-12-14-24(15-13-22)40-21-23-8-6-7-11-27(23)31/h3-19H,20-21H2,1-2H3,(H,33,35)/b32-19-. The lowest BCUT2D eigenvalue weighted by Crippen LogP contribution is -2.39. The van der Waals surface area contributed by atoms with E-state index in [9.17, 15) is 13.2 Å². The van der Waals surface area contributed by atoms with Crippen LogP contribution in [0.3, 0.4) is 0 Å². The normalized spacial score (nSPS) is 11.2. The molecule has 0 unspecified atom stereocenters. The molecule has 0 fully saturated rings. The van der Waals surface area contributed by atoms with E-state index >= 15 is 0 Å². The Bertz CT molecular complexity index is 1610. The molecule has 1 amide bonds. The van der Waals surface area contributed by atoms with Crippen molar-refractivity contribution in [2.24, 2.45) is 5.10 Å². The average Bonchev–Trinajstić information content (AvgIpc) is 3.00. The van der Waals surface area contributed by atoms with E-state index in [-0.39, 0.29) is 16.3 Å². The van der Waals surface area contributed by atoms with Gasteiger partial charge in [-0.2, -0.15) is 5.10 Å². The van der Waals surface area contributed by atoms with Crippen LogP contribution in [0, 0.1) is 0 Å². The second-order valence-corrected chi connectivity index (χ2v) is 10.9. The number of hydrogen-bond donors (Lipinski definition) is 1. The second kappa shape index (κ2) is 13.7. The smallest absolute Gasteiger partial charge is 0.264 e. The highest BCUT2D eigenvalue weighted by atomic mass is 35.5. The molecule has 0 radical (unpaired) electrons. The van der Waals surface area contributed by atoms with Crippen LogP contribution < -0.4 is 23.9 Å². The number of carbonyl (C=O) groups excluding carboxylic acids is 1. The van der Waals surface area contributed by atoms with Crippen molar-refractivity contribution in [3.8, 4) is 17.2 Å². The van der Waals surface area contributed by atoms with Gasteiger partial charge >= 0.3 is 0 Å². The van der Waals surface area contributed by atoms with E-state index in [4.69, 9.17) is 25.8 Å². The Morgan fingerprint density at radius 3 is 2.27 bits per heavy atom. The molecule has 0 saturated carbocycles. The van der Waals surface area contributed by atoms with Crippen LogP contribution in [0.5, 0.6) is 17.2 Å². The van der Waals surface area contributed by atoms with Gasteiger partial charge in [0.2, 0.25) is 0 Å². The van der Waals surface area contributed by atoms with E-state index in [1.165, 1.54) is 38.6 Å². The van der Waals surface area contributed by atoms with E-state index in [2.05, 4.69) is 10.5 Å². The molecule has 0 aliphatic heterocycles. The van der Waals surface area contributed by atoms with Crippen LogP contribution in [0.2, 0.25) is 5.02 Å². The zero-order valence-electron chi connectivity index (χ0n) is 22.4. The molecule has 0 spiro atoms. The number of halogens is 1. The number of amides is 1. The Labute approximate surface area is 244 Å². The molecule has 0 heterocycles. The lowest BCUT2D eigenvalue weighted by Gasteiger charge is -2.25. The molecule has 0 atom stereocenters. The van der Waals surface area contributed by atoms with Gasteiger partial charge in [-0.05, 0) is 60.2 Å². The van der Waals surface area contributed by atoms with Crippen molar-refractivity contribution in [1.29, 1.82) is 0 Å². The first-order valence-electron chi connectivity index (χ1n) is 12.4. The Kier molecular flexibility index (Phi) is 9.83. The summed E-state index contributed by atoms with van der Waals surface area (Å²) in [5, 5.41) is 4.62. The second-order valence-electron chi connectivity index (χ2n) is 8.60. The maximum absolute atomic E-state index is 13.6. The number of anilines is 1. The van der Waals surface area contributed by atoms with Crippen molar-refractivity contribution in [3.05, 3.63) is 113 Å². The summed E-state index contributed by atoms with van der Waals surface area (Å²) in [6.07, 6.45) is 1.44. The Morgan fingerprint density at radius 1 is 0.902 bits per heavy atom. The Morgan fingerprint density at radius 2 is 1.59 bits per heavy atom. The first kappa shape index (κ1) is 29.4. The number of nitrogens with zero attached hydrogens (tertiary/aromatic N) is 2. The van der Waals surface area contributed by atoms with Gasteiger partial charge in [-0.25, -0.2) is 13.8 Å². The molecule has 4 aromatic carbocycles. The maximum atomic E-state index is 13.6. The lowest BCUT2D eigenvalue weighted by molar-refractivity contribution is -0.119. The van der Waals surface area contributed by atoms with Gasteiger partial charge in [0.15, 0.2) is 0 Å². The molecular weight excluding hydrogens is 566 g/mol. The van der Waals surface area contributed by atoms with Crippen LogP contribution in [0.1, 0.15) is 11.1 Å². The summed E-state index contributed by atoms with van der Waals surface area (Å²) in [4.78, 5) is 12.9. The minimum absolute atomic E-state index is 0.0195. The molecule has 9 nitrogen and oxygen atoms in total. The summed E-state index contributed by atoms with van der Waals surface area (Å²) in [6.45, 7) is -0.226. The van der Waals surface area contributed by atoms with Crippen LogP contribution in [0.15, 0.2) is 107 Å². The first-order valence-corrected chi connectivity index (χ1v) is 14.2. The fraction of sp³-hybridized carbons (Fsp3) is 0.133. The first-order chi connectivity index (χ1) is 19.8. The number of sulfonamides is 1. The SMILES string of the molecule is COc1ccc(N(CC(=O)N/N=C\c2ccc(OCc3ccccc3Cl)cc2)S(=O)(=O)c2ccccc2)c(OC)c1. The van der Waals surface area contributed by atoms with Crippen LogP contribution in [0.25, 0.3) is 0 Å². The number of benzene rings is 4. The van der Waals surface area contributed by atoms with E-state index in [0.717, 1.165) is 9.87 Å². The lowest BCUT2D eigenvalue weighted by atomic mass is 10.2. The van der Waals surface area contributed by atoms with E-state index in [1.807, 2.05) is 18.2 Å². The summed E-state index contributed by atoms with van der Waals surface area (Å²) in [5.41, 5.74) is 4.13. The third kappa shape index (κ3) is 7.56. The molecule has 41 heavy (non-hydrogen) atoms. The molecule has 0 aliphatic carbocycles. The van der Waals surface area contributed by atoms with Crippen LogP contribution in [-0.4, -0.2) is 41.3 Å². The van der Waals surface area contributed by atoms with Gasteiger partial charge in [0.05, 0.1) is 31.0 Å². The van der Waals surface area contributed by atoms with Crippen molar-refractivity contribution in [2.45, 2.75) is 11.5 Å². The summed E-state index contributed by atoms with van der Waals surface area (Å²) in [5.74, 6) is 0.675. The summed E-state index contributed by atoms with van der Waals surface area (Å²) in [6, 6.07) is 27.0. The zero-order valence-corrected chi connectivity index (χ0v) is 23.9. The average molecular weight is 594 g/mol. The summed E-state index contributed by atoms with van der Waals surface area (Å²) >= 11 is 6.17. The van der Waals surface area contributed by atoms with Crippen molar-refractivity contribution < 1.29 is 27.4 Å². The number of carbonyl (C=O) groups is 1. The fourth-order valence-electron chi connectivity index (χ4n) is 3.78. The van der Waals surface area contributed by atoms with Crippen LogP contribution >= 0.6 is 11.6 Å². The topological polar surface area (TPSA) is 107 Å². The van der Waals surface area contributed by atoms with E-state index in [0.29, 0.717) is 28.7 Å². The minimum atomic E-state index is -4.13. The third-order valence-electron chi connectivity index (χ3n) is 5.91. The molecule has 0 saturated heterocycles. The van der Waals surface area contributed by atoms with Crippen molar-refractivity contribution in [2.75, 3.05) is 25.1 Å². The Balaban J connectivity index is 1.46. The molecule has 212 valence electrons. The van der Waals surface area contributed by atoms with Gasteiger partial charge in [-0.1, -0.05) is 48.0 Å². The van der Waals surface area contributed by atoms with Gasteiger partial charge in [0, 0.05) is 16.7 Å². The van der Waals surface area contributed by atoms with Crippen molar-refractivity contribution in [1.82, 2.24) is 5.43 Å². The number of hydrazone groups is 1. The number of rotatable bonds is 12. The Hall–Kier alpha value is -4.54. The molecule has 4 aromatic rings. The molecule has 4 rings (SSSR count). The number of hydrogen-bond acceptors (Lipinski definition) is 7. The summed E-state index contributed by atoms with van der Waals surface area (Å²) in [7, 11) is -1.24. The predicted octanol–water partition coefficient (Wildman–Crippen LogP) is 5.28. The molecule has 0 aromatic heterocycles. The minimum Gasteiger partial charge on any atom is -0.497 e. The largest absolute Gasteiger partial charge is 0.497 e. The quantitative estimate of drug-likeness (QED) is 0.177. The predicted molar refractivity (Wildman–Crippen MR) is 158 cm³/mol. The van der Waals surface area contributed by atoms with Gasteiger partial charge in [0.1, 0.15) is 30.4 Å². The van der Waals surface area contributed by atoms with Gasteiger partial charge in [-0.15, -0.1) is 0 Å². The highest BCUT2D eigenvalue weighted by Crippen LogP contribution is 2.35. The maximum Gasteiger partial charge on any atom is 0.264 e. The van der Waals surface area contributed by atoms with Crippen molar-refractivity contribution in [3.63, 3.8) is 0 Å².